The van der Waals surface area contributed by atoms with Gasteiger partial charge in [0.25, 0.3) is 0 Å². The molecule has 4 nitrogen and oxygen atoms in total. The van der Waals surface area contributed by atoms with Gasteiger partial charge >= 0.3 is 0 Å². The maximum Gasteiger partial charge on any atom is 0.194 e. The number of hydrogen-bond acceptors (Lipinski definition) is 3. The summed E-state index contributed by atoms with van der Waals surface area (Å²) >= 11 is 11.6. The van der Waals surface area contributed by atoms with Crippen LogP contribution in [0.1, 0.15) is 40.0 Å². The molecule has 1 aromatic carbocycles. The minimum Gasteiger partial charge on any atom is -0.599 e. The van der Waals surface area contributed by atoms with Crippen LogP contribution in [0.4, 0.5) is 5.69 Å². The summed E-state index contributed by atoms with van der Waals surface area (Å²) in [5, 5.41) is 25.8. The van der Waals surface area contributed by atoms with E-state index in [-0.39, 0.29) is 15.8 Å². The second-order valence-corrected chi connectivity index (χ2v) is 6.57. The minimum absolute atomic E-state index is 0.0646. The van der Waals surface area contributed by atoms with Gasteiger partial charge in [0, 0.05) is 25.4 Å². The molecule has 0 spiro atoms. The molecule has 0 aliphatic heterocycles. The van der Waals surface area contributed by atoms with Crippen molar-refractivity contribution in [3.8, 4) is 5.75 Å². The van der Waals surface area contributed by atoms with Crippen LogP contribution in [-0.2, 0) is 0 Å². The van der Waals surface area contributed by atoms with Gasteiger partial charge < -0.3 is 10.3 Å². The Labute approximate surface area is 135 Å². The van der Waals surface area contributed by atoms with Gasteiger partial charge in [-0.25, -0.2) is 0 Å². The van der Waals surface area contributed by atoms with Crippen LogP contribution < -0.4 is 0 Å². The summed E-state index contributed by atoms with van der Waals surface area (Å²) in [6.07, 6.45) is 2.44. The Hall–Kier alpha value is -1.26. The maximum atomic E-state index is 12.2. The van der Waals surface area contributed by atoms with Gasteiger partial charge in [-0.1, -0.05) is 33.6 Å². The van der Waals surface area contributed by atoms with Crippen molar-refractivity contribution in [3.05, 3.63) is 39.5 Å². The number of benzene rings is 1. The average Bonchev–Trinajstić information content (AvgIpc) is 2.35. The van der Waals surface area contributed by atoms with Crippen LogP contribution in [0, 0.1) is 5.21 Å². The van der Waals surface area contributed by atoms with Crippen LogP contribution in [0.5, 0.6) is 5.75 Å². The topological polar surface area (TPSA) is 58.7 Å². The van der Waals surface area contributed by atoms with Crippen molar-refractivity contribution in [1.29, 1.82) is 0 Å². The van der Waals surface area contributed by atoms with E-state index in [2.05, 4.69) is 11.7 Å². The fourth-order valence-corrected chi connectivity index (χ4v) is 2.24. The molecule has 0 aliphatic rings. The quantitative estimate of drug-likeness (QED) is 0.309. The van der Waals surface area contributed by atoms with Gasteiger partial charge in [0.1, 0.15) is 5.69 Å². The summed E-state index contributed by atoms with van der Waals surface area (Å²) in [7, 11) is 0. The van der Waals surface area contributed by atoms with Gasteiger partial charge in [-0.05, 0) is 31.9 Å². The van der Waals surface area contributed by atoms with E-state index in [1.165, 1.54) is 12.1 Å². The molecule has 0 amide bonds. The number of nitrogens with zero attached hydrogens (tertiary/aromatic N) is 2. The first kappa shape index (κ1) is 17.8. The van der Waals surface area contributed by atoms with Crippen LogP contribution in [0.2, 0.25) is 10.0 Å². The molecule has 0 saturated carbocycles. The van der Waals surface area contributed by atoms with Crippen molar-refractivity contribution in [2.75, 3.05) is 0 Å². The van der Waals surface area contributed by atoms with Crippen molar-refractivity contribution in [2.24, 2.45) is 5.11 Å². The molecule has 6 heteroatoms. The molecule has 0 radical (unpaired) electrons. The molecular formula is C15H20Cl2N2O2. The highest BCUT2D eigenvalue weighted by Crippen LogP contribution is 2.36. The van der Waals surface area contributed by atoms with Crippen molar-refractivity contribution < 1.29 is 9.97 Å². The second-order valence-electron chi connectivity index (χ2n) is 5.75. The number of phenols is 1. The molecule has 21 heavy (non-hydrogen) atoms. The molecule has 0 aliphatic carbocycles. The lowest BCUT2D eigenvalue weighted by molar-refractivity contribution is -0.600. The third kappa shape index (κ3) is 5.21. The largest absolute Gasteiger partial charge is 0.599 e. The Kier molecular flexibility index (Phi) is 6.05. The molecule has 1 aromatic rings. The van der Waals surface area contributed by atoms with E-state index in [1.54, 1.807) is 0 Å². The van der Waals surface area contributed by atoms with Gasteiger partial charge in [-0.2, -0.15) is 0 Å². The SMILES string of the molecule is C=C(C)CCCC(C)(C)[N+]([O-])=Nc1cc(Cl)c(O)c(Cl)c1. The van der Waals surface area contributed by atoms with E-state index in [4.69, 9.17) is 23.2 Å². The first-order chi connectivity index (χ1) is 9.63. The van der Waals surface area contributed by atoms with E-state index in [1.807, 2.05) is 20.8 Å². The molecule has 0 atom stereocenters. The molecule has 0 bridgehead atoms. The van der Waals surface area contributed by atoms with Crippen molar-refractivity contribution in [3.63, 3.8) is 0 Å². The van der Waals surface area contributed by atoms with E-state index in [0.717, 1.165) is 18.4 Å². The van der Waals surface area contributed by atoms with E-state index in [9.17, 15) is 10.3 Å². The fraction of sp³-hybridized carbons (Fsp3) is 0.467. The Morgan fingerprint density at radius 3 is 2.38 bits per heavy atom. The molecule has 0 saturated heterocycles. The van der Waals surface area contributed by atoms with E-state index < -0.39 is 5.54 Å². The summed E-state index contributed by atoms with van der Waals surface area (Å²) in [4.78, 5) is 0.657. The molecule has 0 heterocycles. The highest BCUT2D eigenvalue weighted by Gasteiger charge is 2.28. The minimum atomic E-state index is -0.647. The van der Waals surface area contributed by atoms with Gasteiger partial charge in [0.15, 0.2) is 11.3 Å². The normalized spacial score (nSPS) is 12.5. The molecular weight excluding hydrogens is 311 g/mol. The zero-order chi connectivity index (χ0) is 16.2. The molecule has 0 fully saturated rings. The third-order valence-electron chi connectivity index (χ3n) is 3.12. The summed E-state index contributed by atoms with van der Waals surface area (Å²) in [6, 6.07) is 2.80. The third-order valence-corrected chi connectivity index (χ3v) is 3.69. The van der Waals surface area contributed by atoms with Gasteiger partial charge in [0.05, 0.1) is 10.0 Å². The lowest BCUT2D eigenvalue weighted by Crippen LogP contribution is -2.31. The first-order valence-corrected chi connectivity index (χ1v) is 7.40. The number of azo groups is 1. The van der Waals surface area contributed by atoms with Gasteiger partial charge in [-0.3, -0.25) is 0 Å². The molecule has 0 aromatic heterocycles. The Morgan fingerprint density at radius 2 is 1.90 bits per heavy atom. The fourth-order valence-electron chi connectivity index (χ4n) is 1.77. The van der Waals surface area contributed by atoms with Gasteiger partial charge in [0.2, 0.25) is 0 Å². The second kappa shape index (κ2) is 7.14. The monoisotopic (exact) mass is 330 g/mol. The number of rotatable bonds is 6. The Balaban J connectivity index is 2.90. The smallest absolute Gasteiger partial charge is 0.194 e. The number of hydrogen-bond donors (Lipinski definition) is 1. The summed E-state index contributed by atoms with van der Waals surface area (Å²) < 4.78 is 0. The number of halogens is 2. The Morgan fingerprint density at radius 1 is 1.38 bits per heavy atom. The first-order valence-electron chi connectivity index (χ1n) is 6.65. The van der Waals surface area contributed by atoms with Crippen LogP contribution >= 0.6 is 23.2 Å². The van der Waals surface area contributed by atoms with E-state index in [0.29, 0.717) is 17.0 Å². The standard InChI is InChI=1S/C15H20Cl2N2O2/c1-10(2)6-5-7-15(3,4)19(21)18-11-8-12(16)14(20)13(17)9-11/h8-9,20H,1,5-7H2,2-4H3. The molecule has 1 N–H and O–H groups in total. The van der Waals surface area contributed by atoms with Crippen LogP contribution in [0.3, 0.4) is 0 Å². The van der Waals surface area contributed by atoms with Crippen molar-refractivity contribution >= 4 is 28.9 Å². The number of aromatic hydroxyl groups is 1. The predicted octanol–water partition coefficient (Wildman–Crippen LogP) is 5.82. The summed E-state index contributed by atoms with van der Waals surface area (Å²) in [5.74, 6) is -0.213. The van der Waals surface area contributed by atoms with Crippen LogP contribution in [0.15, 0.2) is 29.4 Å². The predicted molar refractivity (Wildman–Crippen MR) is 86.6 cm³/mol. The van der Waals surface area contributed by atoms with Crippen molar-refractivity contribution in [1.82, 2.24) is 0 Å². The van der Waals surface area contributed by atoms with Gasteiger partial charge in [-0.15, -0.1) is 6.58 Å². The lowest BCUT2D eigenvalue weighted by atomic mass is 9.97. The molecule has 1 rings (SSSR count). The molecule has 0 unspecified atom stereocenters. The highest BCUT2D eigenvalue weighted by molar-refractivity contribution is 6.37. The van der Waals surface area contributed by atoms with E-state index >= 15 is 0 Å². The van der Waals surface area contributed by atoms with Crippen molar-refractivity contribution in [2.45, 2.75) is 45.6 Å². The summed E-state index contributed by atoms with van der Waals surface area (Å²) in [6.45, 7) is 9.46. The average molecular weight is 331 g/mol. The molecule has 116 valence electrons. The zero-order valence-electron chi connectivity index (χ0n) is 12.5. The number of hydroxylamine groups is 1. The lowest BCUT2D eigenvalue weighted by Gasteiger charge is -2.21. The number of phenolic OH excluding ortho intramolecular Hbond substituents is 1. The number of allylic oxidation sites excluding steroid dienone is 1. The summed E-state index contributed by atoms with van der Waals surface area (Å²) in [5.41, 5.74) is 0.759. The highest BCUT2D eigenvalue weighted by atomic mass is 35.5. The van der Waals surface area contributed by atoms with Crippen LogP contribution in [0.25, 0.3) is 0 Å². The van der Waals surface area contributed by atoms with Crippen LogP contribution in [-0.4, -0.2) is 15.5 Å². The maximum absolute atomic E-state index is 12.2. The Bertz CT molecular complexity index is 546. The zero-order valence-corrected chi connectivity index (χ0v) is 14.0.